The lowest BCUT2D eigenvalue weighted by molar-refractivity contribution is -0.156. The molecule has 0 aromatic heterocycles. The Kier molecular flexibility index (Phi) is 2.69. The summed E-state index contributed by atoms with van der Waals surface area (Å²) >= 11 is 0. The van der Waals surface area contributed by atoms with Crippen molar-refractivity contribution in [2.45, 2.75) is 38.6 Å². The third kappa shape index (κ3) is 1.79. The van der Waals surface area contributed by atoms with Crippen molar-refractivity contribution in [3.8, 4) is 0 Å². The Morgan fingerprint density at radius 2 is 1.71 bits per heavy atom. The van der Waals surface area contributed by atoms with Crippen molar-refractivity contribution in [1.82, 2.24) is 10.2 Å². The largest absolute Gasteiger partial charge is 0.314 e. The molecular formula is C13H20N2O2. The van der Waals surface area contributed by atoms with Crippen LogP contribution in [0.4, 0.5) is 0 Å². The van der Waals surface area contributed by atoms with Crippen LogP contribution in [0.5, 0.6) is 0 Å². The Morgan fingerprint density at radius 1 is 1.06 bits per heavy atom. The number of hydrogen-bond acceptors (Lipinski definition) is 3. The van der Waals surface area contributed by atoms with Crippen molar-refractivity contribution in [3.63, 3.8) is 0 Å². The Hall–Kier alpha value is -0.900. The highest BCUT2D eigenvalue weighted by atomic mass is 16.2. The zero-order valence-corrected chi connectivity index (χ0v) is 10.3. The first kappa shape index (κ1) is 11.2. The van der Waals surface area contributed by atoms with Crippen molar-refractivity contribution < 1.29 is 9.59 Å². The SMILES string of the molecule is CC1CNCC(N2C(=O)C3CCC(C3)C2=O)C1. The van der Waals surface area contributed by atoms with E-state index < -0.39 is 0 Å². The molecule has 1 aliphatic carbocycles. The van der Waals surface area contributed by atoms with Crippen LogP contribution in [-0.4, -0.2) is 35.8 Å². The molecule has 2 heterocycles. The van der Waals surface area contributed by atoms with E-state index in [2.05, 4.69) is 12.2 Å². The predicted molar refractivity (Wildman–Crippen MR) is 63.1 cm³/mol. The van der Waals surface area contributed by atoms with Crippen LogP contribution in [0.2, 0.25) is 0 Å². The number of carbonyl (C=O) groups excluding carboxylic acids is 2. The van der Waals surface area contributed by atoms with Gasteiger partial charge in [-0.25, -0.2) is 0 Å². The smallest absolute Gasteiger partial charge is 0.232 e. The normalized spacial score (nSPS) is 42.1. The highest BCUT2D eigenvalue weighted by molar-refractivity contribution is 6.01. The van der Waals surface area contributed by atoms with E-state index in [0.29, 0.717) is 5.92 Å². The van der Waals surface area contributed by atoms with Crippen LogP contribution >= 0.6 is 0 Å². The molecular weight excluding hydrogens is 216 g/mol. The number of likely N-dealkylation sites (tertiary alicyclic amines) is 1. The van der Waals surface area contributed by atoms with E-state index in [1.54, 1.807) is 4.90 Å². The maximum Gasteiger partial charge on any atom is 0.232 e. The molecule has 94 valence electrons. The van der Waals surface area contributed by atoms with Gasteiger partial charge in [-0.2, -0.15) is 0 Å². The van der Waals surface area contributed by atoms with Gasteiger partial charge in [0.25, 0.3) is 0 Å². The fourth-order valence-corrected chi connectivity index (χ4v) is 3.62. The zero-order chi connectivity index (χ0) is 12.0. The summed E-state index contributed by atoms with van der Waals surface area (Å²) in [6, 6.07) is 0.0992. The summed E-state index contributed by atoms with van der Waals surface area (Å²) in [5, 5.41) is 3.33. The van der Waals surface area contributed by atoms with Crippen LogP contribution in [0.25, 0.3) is 0 Å². The molecule has 4 heteroatoms. The first-order chi connectivity index (χ1) is 8.16. The zero-order valence-electron chi connectivity index (χ0n) is 10.3. The average Bonchev–Trinajstić information content (AvgIpc) is 2.74. The average molecular weight is 236 g/mol. The lowest BCUT2D eigenvalue weighted by atomic mass is 9.91. The molecule has 2 saturated heterocycles. The van der Waals surface area contributed by atoms with Crippen molar-refractivity contribution in [3.05, 3.63) is 0 Å². The van der Waals surface area contributed by atoms with Crippen LogP contribution in [0.1, 0.15) is 32.6 Å². The molecule has 0 radical (unpaired) electrons. The molecule has 3 aliphatic rings. The molecule has 2 amide bonds. The molecule has 0 aromatic carbocycles. The van der Waals surface area contributed by atoms with Crippen LogP contribution in [0.3, 0.4) is 0 Å². The summed E-state index contributed by atoms with van der Waals surface area (Å²) in [4.78, 5) is 26.2. The second kappa shape index (κ2) is 4.09. The van der Waals surface area contributed by atoms with Crippen LogP contribution < -0.4 is 5.32 Å². The molecule has 0 spiro atoms. The predicted octanol–water partition coefficient (Wildman–Crippen LogP) is 0.769. The van der Waals surface area contributed by atoms with E-state index in [1.807, 2.05) is 0 Å². The van der Waals surface area contributed by atoms with E-state index in [-0.39, 0.29) is 29.7 Å². The number of hydrogen-bond donors (Lipinski definition) is 1. The fourth-order valence-electron chi connectivity index (χ4n) is 3.62. The third-order valence-corrected chi connectivity index (χ3v) is 4.52. The number of fused-ring (bicyclic) bond motifs is 2. The standard InChI is InChI=1S/C13H20N2O2/c1-8-4-11(7-14-6-8)15-12(16)9-2-3-10(5-9)13(15)17/h8-11,14H,2-7H2,1H3. The summed E-state index contributed by atoms with van der Waals surface area (Å²) in [5.74, 6) is 1.02. The van der Waals surface area contributed by atoms with E-state index >= 15 is 0 Å². The monoisotopic (exact) mass is 236 g/mol. The fraction of sp³-hybridized carbons (Fsp3) is 0.846. The molecule has 1 saturated carbocycles. The molecule has 4 nitrogen and oxygen atoms in total. The number of nitrogens with one attached hydrogen (secondary N) is 1. The van der Waals surface area contributed by atoms with E-state index in [0.717, 1.165) is 38.8 Å². The Morgan fingerprint density at radius 3 is 2.29 bits per heavy atom. The van der Waals surface area contributed by atoms with Gasteiger partial charge in [-0.05, 0) is 38.1 Å². The van der Waals surface area contributed by atoms with Crippen molar-refractivity contribution in [2.75, 3.05) is 13.1 Å². The number of imide groups is 1. The van der Waals surface area contributed by atoms with Gasteiger partial charge < -0.3 is 5.32 Å². The van der Waals surface area contributed by atoms with Crippen molar-refractivity contribution in [1.29, 1.82) is 0 Å². The quantitative estimate of drug-likeness (QED) is 0.684. The maximum atomic E-state index is 12.3. The minimum Gasteiger partial charge on any atom is -0.314 e. The lowest BCUT2D eigenvalue weighted by Gasteiger charge is -2.39. The van der Waals surface area contributed by atoms with E-state index in [1.165, 1.54) is 0 Å². The molecule has 2 bridgehead atoms. The minimum atomic E-state index is 0.0992. The first-order valence-corrected chi connectivity index (χ1v) is 6.74. The minimum absolute atomic E-state index is 0.0992. The Labute approximate surface area is 102 Å². The second-order valence-electron chi connectivity index (χ2n) is 5.91. The molecule has 4 atom stereocenters. The maximum absolute atomic E-state index is 12.3. The van der Waals surface area contributed by atoms with Crippen molar-refractivity contribution >= 4 is 11.8 Å². The van der Waals surface area contributed by atoms with Crippen LogP contribution in [0, 0.1) is 17.8 Å². The van der Waals surface area contributed by atoms with Gasteiger partial charge in [0.1, 0.15) is 0 Å². The number of carbonyl (C=O) groups is 2. The van der Waals surface area contributed by atoms with Crippen LogP contribution in [0.15, 0.2) is 0 Å². The summed E-state index contributed by atoms with van der Waals surface area (Å²) in [6.45, 7) is 3.95. The topological polar surface area (TPSA) is 49.4 Å². The van der Waals surface area contributed by atoms with Gasteiger partial charge in [0.15, 0.2) is 0 Å². The van der Waals surface area contributed by atoms with Gasteiger partial charge in [0, 0.05) is 18.4 Å². The van der Waals surface area contributed by atoms with Gasteiger partial charge in [0.2, 0.25) is 11.8 Å². The molecule has 17 heavy (non-hydrogen) atoms. The number of rotatable bonds is 1. The van der Waals surface area contributed by atoms with Gasteiger partial charge >= 0.3 is 0 Å². The van der Waals surface area contributed by atoms with Gasteiger partial charge in [-0.15, -0.1) is 0 Å². The summed E-state index contributed by atoms with van der Waals surface area (Å²) in [5.41, 5.74) is 0. The van der Waals surface area contributed by atoms with Gasteiger partial charge in [-0.1, -0.05) is 6.92 Å². The number of amides is 2. The molecule has 4 unspecified atom stereocenters. The second-order valence-corrected chi connectivity index (χ2v) is 5.91. The summed E-state index contributed by atoms with van der Waals surface area (Å²) < 4.78 is 0. The highest BCUT2D eigenvalue weighted by Crippen LogP contribution is 2.39. The number of piperidine rings is 2. The van der Waals surface area contributed by atoms with Gasteiger partial charge in [-0.3, -0.25) is 14.5 Å². The molecule has 3 fully saturated rings. The molecule has 2 aliphatic heterocycles. The van der Waals surface area contributed by atoms with Gasteiger partial charge in [0.05, 0.1) is 6.04 Å². The summed E-state index contributed by atoms with van der Waals surface area (Å²) in [7, 11) is 0. The third-order valence-electron chi connectivity index (χ3n) is 4.52. The molecule has 3 rings (SSSR count). The molecule has 0 aromatic rings. The van der Waals surface area contributed by atoms with Crippen molar-refractivity contribution in [2.24, 2.45) is 17.8 Å². The lowest BCUT2D eigenvalue weighted by Crippen LogP contribution is -2.57. The first-order valence-electron chi connectivity index (χ1n) is 6.74. The Balaban J connectivity index is 1.81. The van der Waals surface area contributed by atoms with E-state index in [9.17, 15) is 9.59 Å². The summed E-state index contributed by atoms with van der Waals surface area (Å²) in [6.07, 6.45) is 3.61. The molecule has 1 N–H and O–H groups in total. The van der Waals surface area contributed by atoms with Crippen LogP contribution in [-0.2, 0) is 9.59 Å². The van der Waals surface area contributed by atoms with E-state index in [4.69, 9.17) is 0 Å². The Bertz CT molecular complexity index is 333. The number of nitrogens with zero attached hydrogens (tertiary/aromatic N) is 1. The highest BCUT2D eigenvalue weighted by Gasteiger charge is 2.47.